The average molecular weight is 413 g/mol. The number of hydrogen-bond acceptors (Lipinski definition) is 5. The number of hydrogen-bond donors (Lipinski definition) is 2. The highest BCUT2D eigenvalue weighted by Gasteiger charge is 2.19. The number of aliphatic hydroxyl groups is 1. The van der Waals surface area contributed by atoms with Crippen molar-refractivity contribution in [2.45, 2.75) is 31.5 Å². The zero-order chi connectivity index (χ0) is 21.3. The number of nitrogens with one attached hydrogen (secondary N) is 1. The quantitative estimate of drug-likeness (QED) is 0.653. The van der Waals surface area contributed by atoms with Crippen LogP contribution in [0.1, 0.15) is 29.6 Å². The highest BCUT2D eigenvalue weighted by molar-refractivity contribution is 5.94. The van der Waals surface area contributed by atoms with Gasteiger partial charge in [-0.2, -0.15) is 0 Å². The first kappa shape index (κ1) is 22.3. The Morgan fingerprint density at radius 2 is 1.93 bits per heavy atom. The van der Waals surface area contributed by atoms with E-state index < -0.39 is 6.10 Å². The minimum atomic E-state index is -0.638. The fraction of sp³-hybridized carbons (Fsp3) is 0.458. The molecule has 2 aliphatic rings. The highest BCUT2D eigenvalue weighted by atomic mass is 16.5. The highest BCUT2D eigenvalue weighted by Crippen LogP contribution is 2.20. The molecule has 1 fully saturated rings. The van der Waals surface area contributed by atoms with E-state index in [2.05, 4.69) is 23.4 Å². The minimum absolute atomic E-state index is 0.169. The Kier molecular flexibility index (Phi) is 8.25. The van der Waals surface area contributed by atoms with E-state index in [9.17, 15) is 9.90 Å². The van der Waals surface area contributed by atoms with Gasteiger partial charge in [0.15, 0.2) is 0 Å². The third-order valence-electron chi connectivity index (χ3n) is 5.55. The van der Waals surface area contributed by atoms with E-state index in [0.717, 1.165) is 56.9 Å². The molecule has 1 aromatic carbocycles. The Hall–Kier alpha value is -2.41. The molecule has 0 spiro atoms. The Labute approximate surface area is 178 Å². The van der Waals surface area contributed by atoms with Crippen molar-refractivity contribution in [2.24, 2.45) is 0 Å². The van der Waals surface area contributed by atoms with Gasteiger partial charge in [0.05, 0.1) is 19.3 Å². The van der Waals surface area contributed by atoms with Crippen molar-refractivity contribution < 1.29 is 19.4 Å². The molecule has 2 heterocycles. The predicted octanol–water partition coefficient (Wildman–Crippen LogP) is 2.71. The number of allylic oxidation sites excluding steroid dienone is 1. The smallest absolute Gasteiger partial charge is 0.251 e. The van der Waals surface area contributed by atoms with Crippen LogP contribution >= 0.6 is 0 Å². The van der Waals surface area contributed by atoms with Crippen LogP contribution in [0.2, 0.25) is 0 Å². The summed E-state index contributed by atoms with van der Waals surface area (Å²) < 4.78 is 11.3. The van der Waals surface area contributed by atoms with Crippen LogP contribution in [-0.2, 0) is 4.74 Å². The maximum atomic E-state index is 12.4. The molecule has 3 rings (SSSR count). The molecule has 0 bridgehead atoms. The van der Waals surface area contributed by atoms with Crippen molar-refractivity contribution in [3.05, 3.63) is 66.3 Å². The molecule has 2 aliphatic heterocycles. The molecule has 2 N–H and O–H groups in total. The van der Waals surface area contributed by atoms with Crippen molar-refractivity contribution in [1.82, 2.24) is 10.2 Å². The third-order valence-corrected chi connectivity index (χ3v) is 5.55. The SMILES string of the molecule is C=CC1=C(C=C)CN(CC(O)CNC(=O)c2ccc(OC3CCOCC3)cc2)CC1. The Bertz CT molecular complexity index is 766. The second-order valence-electron chi connectivity index (χ2n) is 7.76. The monoisotopic (exact) mass is 412 g/mol. The summed E-state index contributed by atoms with van der Waals surface area (Å²) in [7, 11) is 0. The van der Waals surface area contributed by atoms with Crippen LogP contribution in [0.5, 0.6) is 5.75 Å². The van der Waals surface area contributed by atoms with Gasteiger partial charge < -0.3 is 19.9 Å². The fourth-order valence-electron chi connectivity index (χ4n) is 3.79. The normalized spacial score (nSPS) is 19.2. The van der Waals surface area contributed by atoms with Crippen molar-refractivity contribution in [3.63, 3.8) is 0 Å². The van der Waals surface area contributed by atoms with Crippen LogP contribution in [0.3, 0.4) is 0 Å². The van der Waals surface area contributed by atoms with Gasteiger partial charge in [-0.3, -0.25) is 9.69 Å². The molecule has 1 saturated heterocycles. The van der Waals surface area contributed by atoms with E-state index in [-0.39, 0.29) is 18.6 Å². The Balaban J connectivity index is 1.43. The lowest BCUT2D eigenvalue weighted by Crippen LogP contribution is -2.42. The molecule has 1 atom stereocenters. The maximum absolute atomic E-state index is 12.4. The number of benzene rings is 1. The molecule has 0 radical (unpaired) electrons. The van der Waals surface area contributed by atoms with Crippen LogP contribution in [-0.4, -0.2) is 67.5 Å². The molecule has 0 aromatic heterocycles. The molecule has 1 amide bonds. The van der Waals surface area contributed by atoms with E-state index in [1.54, 1.807) is 12.1 Å². The summed E-state index contributed by atoms with van der Waals surface area (Å²) in [6, 6.07) is 7.13. The van der Waals surface area contributed by atoms with E-state index in [4.69, 9.17) is 9.47 Å². The van der Waals surface area contributed by atoms with Crippen molar-refractivity contribution in [2.75, 3.05) is 39.4 Å². The van der Waals surface area contributed by atoms with Crippen LogP contribution in [0.25, 0.3) is 0 Å². The minimum Gasteiger partial charge on any atom is -0.490 e. The second-order valence-corrected chi connectivity index (χ2v) is 7.76. The zero-order valence-electron chi connectivity index (χ0n) is 17.5. The van der Waals surface area contributed by atoms with E-state index in [1.807, 2.05) is 24.3 Å². The number of ether oxygens (including phenoxy) is 2. The standard InChI is InChI=1S/C24H32N2O4/c1-3-18-9-12-26(16-19(18)4-2)17-21(27)15-25-24(28)20-5-7-22(8-6-20)30-23-10-13-29-14-11-23/h3-8,21,23,27H,1-2,9-17H2,(H,25,28). The molecule has 0 aliphatic carbocycles. The molecular weight excluding hydrogens is 380 g/mol. The number of amides is 1. The summed E-state index contributed by atoms with van der Waals surface area (Å²) >= 11 is 0. The van der Waals surface area contributed by atoms with E-state index in [0.29, 0.717) is 12.1 Å². The van der Waals surface area contributed by atoms with Gasteiger partial charge in [0, 0.05) is 44.6 Å². The van der Waals surface area contributed by atoms with Crippen LogP contribution < -0.4 is 10.1 Å². The van der Waals surface area contributed by atoms with Gasteiger partial charge in [0.25, 0.3) is 5.91 Å². The number of nitrogens with zero attached hydrogens (tertiary/aromatic N) is 1. The van der Waals surface area contributed by atoms with Gasteiger partial charge in [-0.25, -0.2) is 0 Å². The zero-order valence-corrected chi connectivity index (χ0v) is 17.5. The van der Waals surface area contributed by atoms with Crippen molar-refractivity contribution in [1.29, 1.82) is 0 Å². The summed E-state index contributed by atoms with van der Waals surface area (Å²) in [5.74, 6) is 0.555. The van der Waals surface area contributed by atoms with E-state index in [1.165, 1.54) is 5.57 Å². The maximum Gasteiger partial charge on any atom is 0.251 e. The molecule has 30 heavy (non-hydrogen) atoms. The van der Waals surface area contributed by atoms with Crippen molar-refractivity contribution in [3.8, 4) is 5.75 Å². The van der Waals surface area contributed by atoms with Crippen molar-refractivity contribution >= 4 is 5.91 Å². The number of aliphatic hydroxyl groups excluding tert-OH is 1. The predicted molar refractivity (Wildman–Crippen MR) is 118 cm³/mol. The summed E-state index contributed by atoms with van der Waals surface area (Å²) in [6.07, 6.45) is 5.93. The Morgan fingerprint density at radius 3 is 2.60 bits per heavy atom. The first-order valence-corrected chi connectivity index (χ1v) is 10.6. The summed E-state index contributed by atoms with van der Waals surface area (Å²) in [5, 5.41) is 13.2. The first-order valence-electron chi connectivity index (χ1n) is 10.6. The molecule has 162 valence electrons. The first-order chi connectivity index (χ1) is 14.6. The largest absolute Gasteiger partial charge is 0.490 e. The molecule has 6 heteroatoms. The van der Waals surface area contributed by atoms with Crippen LogP contribution in [0.4, 0.5) is 0 Å². The van der Waals surface area contributed by atoms with E-state index >= 15 is 0 Å². The van der Waals surface area contributed by atoms with Gasteiger partial charge >= 0.3 is 0 Å². The Morgan fingerprint density at radius 1 is 1.23 bits per heavy atom. The van der Waals surface area contributed by atoms with Crippen LogP contribution in [0, 0.1) is 0 Å². The number of carbonyl (C=O) groups is 1. The molecule has 6 nitrogen and oxygen atoms in total. The third kappa shape index (κ3) is 6.29. The molecular formula is C24H32N2O4. The summed E-state index contributed by atoms with van der Waals surface area (Å²) in [6.45, 7) is 11.5. The van der Waals surface area contributed by atoms with Crippen LogP contribution in [0.15, 0.2) is 60.7 Å². The van der Waals surface area contributed by atoms with Gasteiger partial charge in [0.2, 0.25) is 0 Å². The lowest BCUT2D eigenvalue weighted by Gasteiger charge is -2.30. The average Bonchev–Trinajstić information content (AvgIpc) is 2.78. The number of β-amino-alcohol motifs (C(OH)–C–C–N with tert-alkyl or cyclic N) is 1. The second kappa shape index (κ2) is 11.1. The lowest BCUT2D eigenvalue weighted by molar-refractivity contribution is 0.0256. The number of rotatable bonds is 9. The summed E-state index contributed by atoms with van der Waals surface area (Å²) in [5.41, 5.74) is 2.91. The number of carbonyl (C=O) groups excluding carboxylic acids is 1. The van der Waals surface area contributed by atoms with Gasteiger partial charge in [0.1, 0.15) is 11.9 Å². The lowest BCUT2D eigenvalue weighted by atomic mass is 10.00. The topological polar surface area (TPSA) is 71.0 Å². The van der Waals surface area contributed by atoms with Gasteiger partial charge in [-0.1, -0.05) is 25.3 Å². The fourth-order valence-corrected chi connectivity index (χ4v) is 3.79. The van der Waals surface area contributed by atoms with Gasteiger partial charge in [-0.05, 0) is 41.8 Å². The summed E-state index contributed by atoms with van der Waals surface area (Å²) in [4.78, 5) is 14.6. The molecule has 1 aromatic rings. The van der Waals surface area contributed by atoms with Gasteiger partial charge in [-0.15, -0.1) is 0 Å². The molecule has 0 saturated carbocycles. The molecule has 1 unspecified atom stereocenters.